The summed E-state index contributed by atoms with van der Waals surface area (Å²) in [5, 5.41) is 3.17. The van der Waals surface area contributed by atoms with E-state index in [1.165, 1.54) is 25.7 Å². The van der Waals surface area contributed by atoms with Crippen LogP contribution in [0.25, 0.3) is 0 Å². The maximum atomic E-state index is 3.17. The van der Waals surface area contributed by atoms with Crippen LogP contribution in [0.2, 0.25) is 0 Å². The van der Waals surface area contributed by atoms with Crippen molar-refractivity contribution in [2.75, 3.05) is 13.6 Å². The molecule has 0 aromatic carbocycles. The summed E-state index contributed by atoms with van der Waals surface area (Å²) in [5.41, 5.74) is 0.523. The smallest absolute Gasteiger partial charge is 0.00494 e. The Balaban J connectivity index is 0. The molecule has 0 saturated carbocycles. The van der Waals surface area contributed by atoms with Gasteiger partial charge in [-0.3, -0.25) is 0 Å². The van der Waals surface area contributed by atoms with Crippen molar-refractivity contribution in [3.8, 4) is 0 Å². The molecule has 0 aliphatic carbocycles. The molecule has 0 heterocycles. The Morgan fingerprint density at radius 2 is 1.47 bits per heavy atom. The maximum absolute atomic E-state index is 3.17. The predicted octanol–water partition coefficient (Wildman–Crippen LogP) is 5.75. The first-order valence-electron chi connectivity index (χ1n) is 8.26. The largest absolute Gasteiger partial charge is 0.320 e. The van der Waals surface area contributed by atoms with Crippen LogP contribution in [0.1, 0.15) is 81.1 Å². The molecular formula is C18H41N. The van der Waals surface area contributed by atoms with Crippen LogP contribution in [-0.2, 0) is 0 Å². The van der Waals surface area contributed by atoms with E-state index in [1.54, 1.807) is 0 Å². The van der Waals surface area contributed by atoms with Gasteiger partial charge in [-0.1, -0.05) is 61.8 Å². The fourth-order valence-electron chi connectivity index (χ4n) is 2.50. The van der Waals surface area contributed by atoms with Crippen LogP contribution in [0.15, 0.2) is 0 Å². The van der Waals surface area contributed by atoms with Gasteiger partial charge in [-0.2, -0.15) is 0 Å². The highest BCUT2D eigenvalue weighted by Crippen LogP contribution is 2.25. The van der Waals surface area contributed by atoms with Gasteiger partial charge >= 0.3 is 0 Å². The second kappa shape index (κ2) is 11.8. The summed E-state index contributed by atoms with van der Waals surface area (Å²) in [6, 6.07) is 0. The van der Waals surface area contributed by atoms with Crippen molar-refractivity contribution in [2.24, 2.45) is 23.2 Å². The summed E-state index contributed by atoms with van der Waals surface area (Å²) < 4.78 is 0. The molecule has 19 heavy (non-hydrogen) atoms. The minimum atomic E-state index is 0.523. The van der Waals surface area contributed by atoms with Gasteiger partial charge in [0.25, 0.3) is 0 Å². The molecule has 2 atom stereocenters. The SMILES string of the molecule is CCC(C)CC(C)(C)C.CNCCC(C)CC(C)C. The summed E-state index contributed by atoms with van der Waals surface area (Å²) >= 11 is 0. The first kappa shape index (κ1) is 21.3. The lowest BCUT2D eigenvalue weighted by atomic mass is 9.84. The van der Waals surface area contributed by atoms with Crippen LogP contribution in [0, 0.1) is 23.2 Å². The molecule has 1 nitrogen and oxygen atoms in total. The van der Waals surface area contributed by atoms with E-state index >= 15 is 0 Å². The quantitative estimate of drug-likeness (QED) is 0.622. The van der Waals surface area contributed by atoms with Gasteiger partial charge in [0.1, 0.15) is 0 Å². The average molecular weight is 272 g/mol. The van der Waals surface area contributed by atoms with E-state index in [1.807, 2.05) is 7.05 Å². The lowest BCUT2D eigenvalue weighted by molar-refractivity contribution is 0.302. The van der Waals surface area contributed by atoms with Gasteiger partial charge < -0.3 is 5.32 Å². The highest BCUT2D eigenvalue weighted by Gasteiger charge is 2.13. The average Bonchev–Trinajstić information content (AvgIpc) is 2.24. The minimum Gasteiger partial charge on any atom is -0.320 e. The van der Waals surface area contributed by atoms with Crippen LogP contribution in [0.3, 0.4) is 0 Å². The van der Waals surface area contributed by atoms with Gasteiger partial charge in [0.2, 0.25) is 0 Å². The predicted molar refractivity (Wildman–Crippen MR) is 90.7 cm³/mol. The van der Waals surface area contributed by atoms with E-state index < -0.39 is 0 Å². The summed E-state index contributed by atoms with van der Waals surface area (Å²) in [4.78, 5) is 0. The van der Waals surface area contributed by atoms with E-state index in [4.69, 9.17) is 0 Å². The molecule has 0 radical (unpaired) electrons. The first-order chi connectivity index (χ1) is 8.62. The second-order valence-corrected chi connectivity index (χ2v) is 7.91. The van der Waals surface area contributed by atoms with E-state index in [2.05, 4.69) is 60.7 Å². The van der Waals surface area contributed by atoms with Crippen molar-refractivity contribution in [1.29, 1.82) is 0 Å². The van der Waals surface area contributed by atoms with Gasteiger partial charge in [0.05, 0.1) is 0 Å². The highest BCUT2D eigenvalue weighted by atomic mass is 14.8. The standard InChI is InChI=1S/C9H21N.C9H20/c1-8(2)7-9(3)5-6-10-4;1-6-8(2)7-9(3,4)5/h8-10H,5-7H2,1-4H3;8H,6-7H2,1-5H3. The molecule has 0 amide bonds. The van der Waals surface area contributed by atoms with Gasteiger partial charge in [0.15, 0.2) is 0 Å². The van der Waals surface area contributed by atoms with Crippen molar-refractivity contribution in [3.63, 3.8) is 0 Å². The van der Waals surface area contributed by atoms with Crippen molar-refractivity contribution < 1.29 is 0 Å². The molecule has 118 valence electrons. The molecule has 1 N–H and O–H groups in total. The topological polar surface area (TPSA) is 12.0 Å². The van der Waals surface area contributed by atoms with Crippen LogP contribution in [0.5, 0.6) is 0 Å². The van der Waals surface area contributed by atoms with E-state index in [0.29, 0.717) is 5.41 Å². The number of rotatable bonds is 7. The van der Waals surface area contributed by atoms with Crippen LogP contribution < -0.4 is 5.32 Å². The van der Waals surface area contributed by atoms with E-state index in [0.717, 1.165) is 24.3 Å². The summed E-state index contributed by atoms with van der Waals surface area (Å²) in [5.74, 6) is 2.63. The van der Waals surface area contributed by atoms with Crippen molar-refractivity contribution >= 4 is 0 Å². The molecule has 0 aromatic heterocycles. The number of hydrogen-bond acceptors (Lipinski definition) is 1. The second-order valence-electron chi connectivity index (χ2n) is 7.91. The zero-order valence-corrected chi connectivity index (χ0v) is 15.3. The zero-order valence-electron chi connectivity index (χ0n) is 15.3. The normalized spacial score (nSPS) is 14.8. The minimum absolute atomic E-state index is 0.523. The molecule has 0 aliphatic heterocycles. The third-order valence-electron chi connectivity index (χ3n) is 3.42. The summed E-state index contributed by atoms with van der Waals surface area (Å²) in [6.45, 7) is 19.6. The zero-order chi connectivity index (χ0) is 15.5. The highest BCUT2D eigenvalue weighted by molar-refractivity contribution is 4.64. The molecule has 0 fully saturated rings. The fourth-order valence-corrected chi connectivity index (χ4v) is 2.50. The fraction of sp³-hybridized carbons (Fsp3) is 1.00. The maximum Gasteiger partial charge on any atom is -0.00494 e. The van der Waals surface area contributed by atoms with Crippen LogP contribution in [-0.4, -0.2) is 13.6 Å². The molecular weight excluding hydrogens is 230 g/mol. The summed E-state index contributed by atoms with van der Waals surface area (Å²) in [6.07, 6.45) is 5.34. The molecule has 0 aromatic rings. The Bertz CT molecular complexity index is 179. The third kappa shape index (κ3) is 20.4. The molecule has 2 unspecified atom stereocenters. The molecule has 0 aliphatic rings. The van der Waals surface area contributed by atoms with Crippen molar-refractivity contribution in [3.05, 3.63) is 0 Å². The molecule has 0 rings (SSSR count). The van der Waals surface area contributed by atoms with Gasteiger partial charge in [-0.05, 0) is 56.0 Å². The van der Waals surface area contributed by atoms with Crippen LogP contribution in [0.4, 0.5) is 0 Å². The molecule has 1 heteroatoms. The Morgan fingerprint density at radius 1 is 0.947 bits per heavy atom. The Kier molecular flexibility index (Phi) is 13.2. The van der Waals surface area contributed by atoms with E-state index in [9.17, 15) is 0 Å². The lowest BCUT2D eigenvalue weighted by Gasteiger charge is -2.21. The lowest BCUT2D eigenvalue weighted by Crippen LogP contribution is -2.12. The number of nitrogens with one attached hydrogen (secondary N) is 1. The van der Waals surface area contributed by atoms with E-state index in [-0.39, 0.29) is 0 Å². The number of hydrogen-bond donors (Lipinski definition) is 1. The van der Waals surface area contributed by atoms with Gasteiger partial charge in [-0.25, -0.2) is 0 Å². The molecule has 0 spiro atoms. The molecule has 0 bridgehead atoms. The first-order valence-corrected chi connectivity index (χ1v) is 8.26. The van der Waals surface area contributed by atoms with Crippen molar-refractivity contribution in [1.82, 2.24) is 5.32 Å². The van der Waals surface area contributed by atoms with Gasteiger partial charge in [0, 0.05) is 0 Å². The third-order valence-corrected chi connectivity index (χ3v) is 3.42. The van der Waals surface area contributed by atoms with Crippen LogP contribution >= 0.6 is 0 Å². The Labute approximate surface area is 123 Å². The summed E-state index contributed by atoms with van der Waals surface area (Å²) in [7, 11) is 2.02. The Morgan fingerprint density at radius 3 is 1.74 bits per heavy atom. The Hall–Kier alpha value is -0.0400. The molecule has 0 saturated heterocycles. The monoisotopic (exact) mass is 271 g/mol. The van der Waals surface area contributed by atoms with Crippen molar-refractivity contribution in [2.45, 2.75) is 81.1 Å². The van der Waals surface area contributed by atoms with Gasteiger partial charge in [-0.15, -0.1) is 0 Å².